The molecule has 0 bridgehead atoms. The van der Waals surface area contributed by atoms with Crippen LogP contribution in [0.3, 0.4) is 0 Å². The van der Waals surface area contributed by atoms with Gasteiger partial charge in [0.1, 0.15) is 24.0 Å². The van der Waals surface area contributed by atoms with Crippen molar-refractivity contribution in [2.75, 3.05) is 0 Å². The Labute approximate surface area is 196 Å². The Morgan fingerprint density at radius 1 is 0.906 bits per heavy atom. The molecule has 1 saturated heterocycles. The molecule has 4 rings (SSSR count). The van der Waals surface area contributed by atoms with E-state index in [4.69, 9.17) is 4.74 Å². The summed E-state index contributed by atoms with van der Waals surface area (Å²) in [5.74, 6) is -0.347. The smallest absolute Gasteiger partial charge is 0.289 e. The molecule has 0 saturated carbocycles. The van der Waals surface area contributed by atoms with Gasteiger partial charge in [-0.2, -0.15) is 0 Å². The highest BCUT2D eigenvalue weighted by Gasteiger charge is 2.39. The molecular weight excluding hydrogens is 500 g/mol. The maximum Gasteiger partial charge on any atom is 0.289 e. The molecular formula is C24H18BrF2NO3S. The van der Waals surface area contributed by atoms with Crippen LogP contribution in [0.2, 0.25) is 0 Å². The predicted octanol–water partition coefficient (Wildman–Crippen LogP) is 6.11. The molecule has 0 aliphatic carbocycles. The van der Waals surface area contributed by atoms with Crippen molar-refractivity contribution in [2.45, 2.75) is 24.8 Å². The fourth-order valence-electron chi connectivity index (χ4n) is 3.33. The van der Waals surface area contributed by atoms with Gasteiger partial charge < -0.3 is 4.74 Å². The lowest BCUT2D eigenvalue weighted by Gasteiger charge is -2.14. The van der Waals surface area contributed by atoms with E-state index in [2.05, 4.69) is 15.9 Å². The Hall–Kier alpha value is -2.71. The largest absolute Gasteiger partial charge is 0.488 e. The van der Waals surface area contributed by atoms with E-state index in [1.807, 2.05) is 12.1 Å². The van der Waals surface area contributed by atoms with Crippen molar-refractivity contribution >= 4 is 38.8 Å². The molecule has 4 nitrogen and oxygen atoms in total. The molecule has 1 aliphatic heterocycles. The average molecular weight is 518 g/mol. The molecule has 1 fully saturated rings. The molecule has 0 aromatic heterocycles. The SMILES string of the molecule is O=C1S[C@@H](Cc2ccc(OCc3cccc(F)c3)c(Br)c2)C(=O)N1Cc1ccc(F)cc1. The molecule has 32 heavy (non-hydrogen) atoms. The summed E-state index contributed by atoms with van der Waals surface area (Å²) in [5, 5.41) is -0.827. The molecule has 0 spiro atoms. The number of nitrogens with zero attached hydrogens (tertiary/aromatic N) is 1. The maximum atomic E-state index is 13.3. The summed E-state index contributed by atoms with van der Waals surface area (Å²) >= 11 is 4.47. The normalized spacial score (nSPS) is 16.0. The van der Waals surface area contributed by atoms with Crippen molar-refractivity contribution in [1.82, 2.24) is 4.90 Å². The molecule has 1 heterocycles. The summed E-state index contributed by atoms with van der Waals surface area (Å²) < 4.78 is 32.9. The van der Waals surface area contributed by atoms with Crippen molar-refractivity contribution < 1.29 is 23.1 Å². The monoisotopic (exact) mass is 517 g/mol. The minimum absolute atomic E-state index is 0.123. The van der Waals surface area contributed by atoms with Crippen LogP contribution >= 0.6 is 27.7 Å². The molecule has 1 aliphatic rings. The van der Waals surface area contributed by atoms with Gasteiger partial charge in [-0.25, -0.2) is 8.78 Å². The van der Waals surface area contributed by atoms with Crippen molar-refractivity contribution in [3.8, 4) is 5.75 Å². The Morgan fingerprint density at radius 2 is 1.66 bits per heavy atom. The quantitative estimate of drug-likeness (QED) is 0.379. The van der Waals surface area contributed by atoms with Gasteiger partial charge in [0, 0.05) is 0 Å². The second-order valence-electron chi connectivity index (χ2n) is 7.31. The van der Waals surface area contributed by atoms with Gasteiger partial charge in [0.2, 0.25) is 5.91 Å². The molecule has 3 aromatic carbocycles. The third-order valence-electron chi connectivity index (χ3n) is 4.96. The molecule has 1 atom stereocenters. The number of carbonyl (C=O) groups is 2. The van der Waals surface area contributed by atoms with Crippen molar-refractivity contribution in [1.29, 1.82) is 0 Å². The molecule has 0 unspecified atom stereocenters. The van der Waals surface area contributed by atoms with E-state index in [0.29, 0.717) is 27.8 Å². The topological polar surface area (TPSA) is 46.6 Å². The Bertz CT molecular complexity index is 1160. The second kappa shape index (κ2) is 9.83. The highest BCUT2D eigenvalue weighted by Crippen LogP contribution is 2.33. The summed E-state index contributed by atoms with van der Waals surface area (Å²) in [6.45, 7) is 0.345. The minimum Gasteiger partial charge on any atom is -0.488 e. The lowest BCUT2D eigenvalue weighted by molar-refractivity contribution is -0.127. The lowest BCUT2D eigenvalue weighted by atomic mass is 10.1. The summed E-state index contributed by atoms with van der Waals surface area (Å²) in [6, 6.07) is 17.4. The summed E-state index contributed by atoms with van der Waals surface area (Å²) in [7, 11) is 0. The van der Waals surface area contributed by atoms with E-state index < -0.39 is 5.25 Å². The first kappa shape index (κ1) is 22.5. The van der Waals surface area contributed by atoms with Crippen molar-refractivity contribution in [3.05, 3.63) is 99.5 Å². The Morgan fingerprint density at radius 3 is 2.38 bits per heavy atom. The molecule has 0 N–H and O–H groups in total. The first-order chi connectivity index (χ1) is 15.4. The number of halogens is 3. The number of amides is 2. The summed E-state index contributed by atoms with van der Waals surface area (Å²) in [4.78, 5) is 26.3. The van der Waals surface area contributed by atoms with E-state index in [-0.39, 0.29) is 35.9 Å². The van der Waals surface area contributed by atoms with E-state index in [0.717, 1.165) is 17.3 Å². The van der Waals surface area contributed by atoms with Crippen LogP contribution < -0.4 is 4.74 Å². The van der Waals surface area contributed by atoms with Gasteiger partial charge in [-0.1, -0.05) is 42.1 Å². The predicted molar refractivity (Wildman–Crippen MR) is 122 cm³/mol. The highest BCUT2D eigenvalue weighted by molar-refractivity contribution is 9.10. The van der Waals surface area contributed by atoms with E-state index in [1.54, 1.807) is 30.3 Å². The third kappa shape index (κ3) is 5.37. The number of imide groups is 1. The van der Waals surface area contributed by atoms with Crippen LogP contribution in [-0.2, 0) is 24.4 Å². The minimum atomic E-state index is -0.520. The maximum absolute atomic E-state index is 13.3. The fraction of sp³-hybridized carbons (Fsp3) is 0.167. The van der Waals surface area contributed by atoms with E-state index in [9.17, 15) is 18.4 Å². The second-order valence-corrected chi connectivity index (χ2v) is 9.32. The van der Waals surface area contributed by atoms with Gasteiger partial charge in [-0.15, -0.1) is 0 Å². The van der Waals surface area contributed by atoms with Crippen LogP contribution in [0.15, 0.2) is 71.2 Å². The van der Waals surface area contributed by atoms with Crippen LogP contribution in [-0.4, -0.2) is 21.3 Å². The number of benzene rings is 3. The van der Waals surface area contributed by atoms with Crippen LogP contribution in [0.4, 0.5) is 13.6 Å². The van der Waals surface area contributed by atoms with Gasteiger partial charge in [-0.3, -0.25) is 14.5 Å². The van der Waals surface area contributed by atoms with Gasteiger partial charge >= 0.3 is 0 Å². The number of hydrogen-bond acceptors (Lipinski definition) is 4. The van der Waals surface area contributed by atoms with Gasteiger partial charge in [0.25, 0.3) is 5.24 Å². The zero-order valence-corrected chi connectivity index (χ0v) is 19.2. The van der Waals surface area contributed by atoms with E-state index >= 15 is 0 Å². The van der Waals surface area contributed by atoms with Crippen LogP contribution in [0.25, 0.3) is 0 Å². The fourth-order valence-corrected chi connectivity index (χ4v) is 4.90. The van der Waals surface area contributed by atoms with Gasteiger partial charge in [0.05, 0.1) is 16.3 Å². The summed E-state index contributed by atoms with van der Waals surface area (Å²) in [5.41, 5.74) is 2.28. The van der Waals surface area contributed by atoms with Crippen LogP contribution in [0.1, 0.15) is 16.7 Å². The molecule has 8 heteroatoms. The lowest BCUT2D eigenvalue weighted by Crippen LogP contribution is -2.31. The van der Waals surface area contributed by atoms with Gasteiger partial charge in [0.15, 0.2) is 0 Å². The van der Waals surface area contributed by atoms with Gasteiger partial charge in [-0.05, 0) is 75.4 Å². The number of hydrogen-bond donors (Lipinski definition) is 0. The standard InChI is InChI=1S/C24H18BrF2NO3S/c25-20-11-16(6-9-21(20)31-14-17-2-1-3-19(27)10-17)12-22-23(29)28(24(30)32-22)13-15-4-7-18(26)8-5-15/h1-11,22H,12-14H2/t22-/m0/s1. The number of carbonyl (C=O) groups excluding carboxylic acids is 2. The zero-order chi connectivity index (χ0) is 22.7. The Balaban J connectivity index is 1.38. The highest BCUT2D eigenvalue weighted by atomic mass is 79.9. The third-order valence-corrected chi connectivity index (χ3v) is 6.65. The van der Waals surface area contributed by atoms with Crippen molar-refractivity contribution in [2.24, 2.45) is 0 Å². The molecule has 3 aromatic rings. The van der Waals surface area contributed by atoms with E-state index in [1.165, 1.54) is 29.2 Å². The van der Waals surface area contributed by atoms with Crippen LogP contribution in [0, 0.1) is 11.6 Å². The molecule has 0 radical (unpaired) electrons. The Kier molecular flexibility index (Phi) is 6.91. The molecule has 164 valence electrons. The van der Waals surface area contributed by atoms with Crippen LogP contribution in [0.5, 0.6) is 5.75 Å². The number of rotatable bonds is 7. The number of thioether (sulfide) groups is 1. The number of ether oxygens (including phenoxy) is 1. The van der Waals surface area contributed by atoms with Crippen molar-refractivity contribution in [3.63, 3.8) is 0 Å². The molecule has 2 amide bonds. The average Bonchev–Trinajstić information content (AvgIpc) is 3.02. The summed E-state index contributed by atoms with van der Waals surface area (Å²) in [6.07, 6.45) is 0.387. The zero-order valence-electron chi connectivity index (χ0n) is 16.8. The first-order valence-corrected chi connectivity index (χ1v) is 11.5. The first-order valence-electron chi connectivity index (χ1n) is 9.81.